The van der Waals surface area contributed by atoms with Crippen LogP contribution in [0, 0.1) is 0 Å². The van der Waals surface area contributed by atoms with Crippen LogP contribution in [0.5, 0.6) is 11.8 Å². The normalized spacial score (nSPS) is 22.3. The second-order valence-electron chi connectivity index (χ2n) is 6.31. The average Bonchev–Trinajstić information content (AvgIpc) is 2.63. The number of rotatable bonds is 3. The molecule has 0 bridgehead atoms. The lowest BCUT2D eigenvalue weighted by atomic mass is 10.1. The Morgan fingerprint density at radius 1 is 1.08 bits per heavy atom. The van der Waals surface area contributed by atoms with E-state index in [-0.39, 0.29) is 12.1 Å². The number of hydrogen-bond acceptors (Lipinski definition) is 6. The molecule has 0 N–H and O–H groups in total. The molecule has 2 aliphatic rings. The van der Waals surface area contributed by atoms with Crippen LogP contribution < -0.4 is 9.47 Å². The number of likely N-dealkylation sites (tertiary alicyclic amines) is 1. The van der Waals surface area contributed by atoms with Gasteiger partial charge in [0.1, 0.15) is 6.10 Å². The van der Waals surface area contributed by atoms with E-state index < -0.39 is 0 Å². The first-order valence-electron chi connectivity index (χ1n) is 8.42. The zero-order valence-corrected chi connectivity index (χ0v) is 14.3. The third-order valence-electron chi connectivity index (χ3n) is 4.53. The van der Waals surface area contributed by atoms with Crippen LogP contribution in [0.25, 0.3) is 0 Å². The maximum atomic E-state index is 12.7. The Bertz CT molecular complexity index is 545. The number of carbonyl (C=O) groups is 1. The molecule has 1 atom stereocenters. The molecule has 0 saturated carbocycles. The molecule has 0 aromatic carbocycles. The SMILES string of the molecule is COc1ccc(OC2CCCN(C(=O)N3CCN(C)CC3)C2)nn1. The summed E-state index contributed by atoms with van der Waals surface area (Å²) < 4.78 is 10.9. The molecule has 0 aliphatic carbocycles. The quantitative estimate of drug-likeness (QED) is 0.810. The van der Waals surface area contributed by atoms with Crippen molar-refractivity contribution in [3.63, 3.8) is 0 Å². The molecular weight excluding hydrogens is 310 g/mol. The lowest BCUT2D eigenvalue weighted by Gasteiger charge is -2.39. The number of amides is 2. The number of carbonyl (C=O) groups excluding carboxylic acids is 1. The number of methoxy groups -OCH3 is 1. The molecule has 0 radical (unpaired) electrons. The summed E-state index contributed by atoms with van der Waals surface area (Å²) in [5.74, 6) is 0.924. The molecule has 2 fully saturated rings. The predicted octanol–water partition coefficient (Wildman–Crippen LogP) is 0.696. The minimum absolute atomic E-state index is 0.0436. The fraction of sp³-hybridized carbons (Fsp3) is 0.688. The van der Waals surface area contributed by atoms with Gasteiger partial charge in [0, 0.05) is 44.9 Å². The molecule has 0 spiro atoms. The van der Waals surface area contributed by atoms with Crippen LogP contribution in [0.4, 0.5) is 4.79 Å². The summed E-state index contributed by atoms with van der Waals surface area (Å²) in [4.78, 5) is 18.8. The van der Waals surface area contributed by atoms with Gasteiger partial charge >= 0.3 is 6.03 Å². The predicted molar refractivity (Wildman–Crippen MR) is 88.3 cm³/mol. The van der Waals surface area contributed by atoms with Crippen molar-refractivity contribution in [2.45, 2.75) is 18.9 Å². The summed E-state index contributed by atoms with van der Waals surface area (Å²) in [6, 6.07) is 3.59. The minimum atomic E-state index is -0.0436. The van der Waals surface area contributed by atoms with E-state index >= 15 is 0 Å². The van der Waals surface area contributed by atoms with Gasteiger partial charge in [-0.05, 0) is 19.9 Å². The summed E-state index contributed by atoms with van der Waals surface area (Å²) in [5.41, 5.74) is 0. The Hall–Kier alpha value is -2.09. The van der Waals surface area contributed by atoms with E-state index in [4.69, 9.17) is 9.47 Å². The molecule has 24 heavy (non-hydrogen) atoms. The highest BCUT2D eigenvalue weighted by Gasteiger charge is 2.29. The summed E-state index contributed by atoms with van der Waals surface area (Å²) >= 11 is 0. The molecule has 2 saturated heterocycles. The number of piperazine rings is 1. The lowest BCUT2D eigenvalue weighted by molar-refractivity contribution is 0.0725. The molecule has 8 heteroatoms. The maximum absolute atomic E-state index is 12.7. The highest BCUT2D eigenvalue weighted by Crippen LogP contribution is 2.19. The monoisotopic (exact) mass is 335 g/mol. The number of piperidine rings is 1. The molecule has 2 amide bonds. The van der Waals surface area contributed by atoms with Gasteiger partial charge in [0.2, 0.25) is 11.8 Å². The summed E-state index contributed by atoms with van der Waals surface area (Å²) in [6.45, 7) is 4.84. The third kappa shape index (κ3) is 4.05. The van der Waals surface area contributed by atoms with Crippen molar-refractivity contribution in [3.05, 3.63) is 12.1 Å². The maximum Gasteiger partial charge on any atom is 0.320 e. The zero-order valence-electron chi connectivity index (χ0n) is 14.3. The Morgan fingerprint density at radius 3 is 2.46 bits per heavy atom. The first kappa shape index (κ1) is 16.8. The molecule has 1 aromatic heterocycles. The van der Waals surface area contributed by atoms with Gasteiger partial charge in [0.25, 0.3) is 0 Å². The molecule has 2 aliphatic heterocycles. The van der Waals surface area contributed by atoms with Crippen LogP contribution in [-0.4, -0.2) is 90.5 Å². The zero-order chi connectivity index (χ0) is 16.9. The van der Waals surface area contributed by atoms with E-state index in [2.05, 4.69) is 22.1 Å². The van der Waals surface area contributed by atoms with E-state index in [1.165, 1.54) is 0 Å². The van der Waals surface area contributed by atoms with Gasteiger partial charge in [-0.3, -0.25) is 0 Å². The van der Waals surface area contributed by atoms with Gasteiger partial charge in [-0.15, -0.1) is 10.2 Å². The number of ether oxygens (including phenoxy) is 2. The van der Waals surface area contributed by atoms with E-state index in [1.807, 2.05) is 9.80 Å². The number of aromatic nitrogens is 2. The van der Waals surface area contributed by atoms with Crippen LogP contribution in [-0.2, 0) is 0 Å². The molecule has 8 nitrogen and oxygen atoms in total. The van der Waals surface area contributed by atoms with Crippen LogP contribution in [0.2, 0.25) is 0 Å². The van der Waals surface area contributed by atoms with E-state index in [0.29, 0.717) is 18.3 Å². The second kappa shape index (κ2) is 7.65. The van der Waals surface area contributed by atoms with Gasteiger partial charge in [-0.25, -0.2) is 4.79 Å². The topological polar surface area (TPSA) is 71.0 Å². The number of nitrogens with zero attached hydrogens (tertiary/aromatic N) is 5. The van der Waals surface area contributed by atoms with Crippen molar-refractivity contribution in [1.82, 2.24) is 24.9 Å². The Kier molecular flexibility index (Phi) is 5.34. The number of hydrogen-bond donors (Lipinski definition) is 0. The van der Waals surface area contributed by atoms with Crippen molar-refractivity contribution >= 4 is 6.03 Å². The van der Waals surface area contributed by atoms with Crippen LogP contribution in [0.3, 0.4) is 0 Å². The number of likely N-dealkylation sites (N-methyl/N-ethyl adjacent to an activating group) is 1. The van der Waals surface area contributed by atoms with Gasteiger partial charge in [-0.1, -0.05) is 0 Å². The van der Waals surface area contributed by atoms with E-state index in [1.54, 1.807) is 19.2 Å². The molecule has 1 aromatic rings. The van der Waals surface area contributed by atoms with Crippen molar-refractivity contribution in [2.24, 2.45) is 0 Å². The first-order chi connectivity index (χ1) is 11.7. The van der Waals surface area contributed by atoms with Crippen molar-refractivity contribution < 1.29 is 14.3 Å². The van der Waals surface area contributed by atoms with Gasteiger partial charge < -0.3 is 24.2 Å². The Labute approximate surface area is 142 Å². The van der Waals surface area contributed by atoms with Crippen LogP contribution in [0.1, 0.15) is 12.8 Å². The van der Waals surface area contributed by atoms with Crippen LogP contribution >= 0.6 is 0 Å². The smallest absolute Gasteiger partial charge is 0.320 e. The second-order valence-corrected chi connectivity index (χ2v) is 6.31. The fourth-order valence-corrected chi connectivity index (χ4v) is 3.06. The molecule has 3 rings (SSSR count). The average molecular weight is 335 g/mol. The van der Waals surface area contributed by atoms with E-state index in [9.17, 15) is 4.79 Å². The fourth-order valence-electron chi connectivity index (χ4n) is 3.06. The number of urea groups is 1. The largest absolute Gasteiger partial charge is 0.480 e. The van der Waals surface area contributed by atoms with E-state index in [0.717, 1.165) is 45.6 Å². The van der Waals surface area contributed by atoms with Crippen molar-refractivity contribution in [1.29, 1.82) is 0 Å². The van der Waals surface area contributed by atoms with Gasteiger partial charge in [0.05, 0.1) is 13.7 Å². The molecule has 132 valence electrons. The Morgan fingerprint density at radius 2 is 1.79 bits per heavy atom. The van der Waals surface area contributed by atoms with Crippen LogP contribution in [0.15, 0.2) is 12.1 Å². The highest BCUT2D eigenvalue weighted by atomic mass is 16.5. The molecular formula is C16H25N5O3. The van der Waals surface area contributed by atoms with Gasteiger partial charge in [-0.2, -0.15) is 0 Å². The molecule has 1 unspecified atom stereocenters. The minimum Gasteiger partial charge on any atom is -0.480 e. The highest BCUT2D eigenvalue weighted by molar-refractivity contribution is 5.74. The summed E-state index contributed by atoms with van der Waals surface area (Å²) in [6.07, 6.45) is 1.81. The molecule has 3 heterocycles. The third-order valence-corrected chi connectivity index (χ3v) is 4.53. The Balaban J connectivity index is 1.54. The standard InChI is InChI=1S/C16H25N5O3/c1-19-8-10-20(11-9-19)16(22)21-7-3-4-13(12-21)24-15-6-5-14(23-2)17-18-15/h5-6,13H,3-4,7-12H2,1-2H3. The summed E-state index contributed by atoms with van der Waals surface area (Å²) in [7, 11) is 3.63. The van der Waals surface area contributed by atoms with Crippen molar-refractivity contribution in [3.8, 4) is 11.8 Å². The van der Waals surface area contributed by atoms with Crippen molar-refractivity contribution in [2.75, 3.05) is 53.4 Å². The first-order valence-corrected chi connectivity index (χ1v) is 8.42. The lowest BCUT2D eigenvalue weighted by Crippen LogP contribution is -2.54. The van der Waals surface area contributed by atoms with Gasteiger partial charge in [0.15, 0.2) is 0 Å². The summed E-state index contributed by atoms with van der Waals surface area (Å²) in [5, 5.41) is 7.90.